The predicted molar refractivity (Wildman–Crippen MR) is 105 cm³/mol. The molecule has 0 fully saturated rings. The molecule has 0 bridgehead atoms. The van der Waals surface area contributed by atoms with Gasteiger partial charge >= 0.3 is 6.18 Å². The van der Waals surface area contributed by atoms with Crippen LogP contribution in [0.5, 0.6) is 5.75 Å². The van der Waals surface area contributed by atoms with Crippen molar-refractivity contribution in [2.24, 2.45) is 5.73 Å². The quantitative estimate of drug-likeness (QED) is 0.341. The zero-order chi connectivity index (χ0) is 22.8. The van der Waals surface area contributed by atoms with E-state index >= 15 is 0 Å². The topological polar surface area (TPSA) is 163 Å². The van der Waals surface area contributed by atoms with Crippen LogP contribution in [-0.2, 0) is 10.0 Å². The Morgan fingerprint density at radius 2 is 1.97 bits per heavy atom. The van der Waals surface area contributed by atoms with E-state index in [1.165, 1.54) is 12.3 Å². The van der Waals surface area contributed by atoms with E-state index in [2.05, 4.69) is 20.5 Å². The lowest BCUT2D eigenvalue weighted by molar-refractivity contribution is -0.106. The fourth-order valence-electron chi connectivity index (χ4n) is 2.63. The second-order valence-electron chi connectivity index (χ2n) is 6.23. The summed E-state index contributed by atoms with van der Waals surface area (Å²) in [7, 11) is -4.79. The number of carbonyl (C=O) groups is 1. The minimum atomic E-state index is -4.95. The standard InChI is InChI=1S/C17H15F3N6O4S/c18-17(19,20)8-31(29,30)26-10-5-4-9(7-11(10)27)14-13(15(21)28)16(25-24-14)23-12-3-1-2-6-22-12/h1-7,26-27H,8H2,(H2,21,28)(H2,22,23,24,25). The van der Waals surface area contributed by atoms with Crippen LogP contribution in [0.1, 0.15) is 10.4 Å². The van der Waals surface area contributed by atoms with Gasteiger partial charge in [-0.3, -0.25) is 14.6 Å². The van der Waals surface area contributed by atoms with Crippen molar-refractivity contribution in [3.05, 3.63) is 48.2 Å². The van der Waals surface area contributed by atoms with Crippen LogP contribution in [0.15, 0.2) is 42.6 Å². The fourth-order valence-corrected chi connectivity index (χ4v) is 3.64. The number of amides is 1. The Kier molecular flexibility index (Phi) is 5.75. The fraction of sp³-hybridized carbons (Fsp3) is 0.118. The highest BCUT2D eigenvalue weighted by Crippen LogP contribution is 2.34. The van der Waals surface area contributed by atoms with Crippen LogP contribution < -0.4 is 15.8 Å². The number of sulfonamides is 1. The van der Waals surface area contributed by atoms with Crippen molar-refractivity contribution in [1.29, 1.82) is 0 Å². The summed E-state index contributed by atoms with van der Waals surface area (Å²) in [6.45, 7) is 0. The normalized spacial score (nSPS) is 11.8. The molecule has 10 nitrogen and oxygen atoms in total. The summed E-state index contributed by atoms with van der Waals surface area (Å²) in [5.41, 5.74) is 5.06. The Labute approximate surface area is 173 Å². The largest absolute Gasteiger partial charge is 0.506 e. The third-order valence-corrected chi connectivity index (χ3v) is 5.06. The van der Waals surface area contributed by atoms with Gasteiger partial charge in [-0.1, -0.05) is 12.1 Å². The molecule has 6 N–H and O–H groups in total. The van der Waals surface area contributed by atoms with Gasteiger partial charge in [-0.05, 0) is 24.3 Å². The summed E-state index contributed by atoms with van der Waals surface area (Å²) in [6.07, 6.45) is -3.44. The first-order valence-electron chi connectivity index (χ1n) is 8.42. The number of pyridine rings is 1. The number of aromatic hydroxyl groups is 1. The third kappa shape index (κ3) is 5.42. The minimum absolute atomic E-state index is 0.0194. The number of H-pyrrole nitrogens is 1. The van der Waals surface area contributed by atoms with Gasteiger partial charge in [0.1, 0.15) is 28.6 Å². The molecule has 164 valence electrons. The van der Waals surface area contributed by atoms with E-state index < -0.39 is 39.3 Å². The highest BCUT2D eigenvalue weighted by atomic mass is 32.2. The Balaban J connectivity index is 1.92. The number of halogens is 3. The lowest BCUT2D eigenvalue weighted by Crippen LogP contribution is -2.27. The summed E-state index contributed by atoms with van der Waals surface area (Å²) in [5, 5.41) is 19.5. The molecular formula is C17H15F3N6O4S. The predicted octanol–water partition coefficient (Wildman–Crippen LogP) is 2.32. The van der Waals surface area contributed by atoms with Gasteiger partial charge < -0.3 is 16.2 Å². The molecule has 0 aliphatic heterocycles. The van der Waals surface area contributed by atoms with Crippen molar-refractivity contribution in [3.8, 4) is 17.0 Å². The maximum Gasteiger partial charge on any atom is 0.404 e. The minimum Gasteiger partial charge on any atom is -0.506 e. The number of primary amides is 1. The van der Waals surface area contributed by atoms with Crippen LogP contribution in [0.25, 0.3) is 11.3 Å². The number of aromatic nitrogens is 3. The summed E-state index contributed by atoms with van der Waals surface area (Å²) < 4.78 is 62.0. The molecule has 2 heterocycles. The number of nitrogens with one attached hydrogen (secondary N) is 3. The molecule has 2 aromatic heterocycles. The molecule has 1 amide bonds. The second kappa shape index (κ2) is 8.14. The molecule has 0 spiro atoms. The zero-order valence-corrected chi connectivity index (χ0v) is 16.3. The van der Waals surface area contributed by atoms with Gasteiger partial charge in [0, 0.05) is 11.8 Å². The van der Waals surface area contributed by atoms with Crippen molar-refractivity contribution in [2.75, 3.05) is 15.8 Å². The zero-order valence-electron chi connectivity index (χ0n) is 15.4. The number of phenols is 1. The number of nitrogens with two attached hydrogens (primary N) is 1. The molecule has 0 unspecified atom stereocenters. The van der Waals surface area contributed by atoms with E-state index in [0.29, 0.717) is 5.82 Å². The van der Waals surface area contributed by atoms with Gasteiger partial charge in [-0.15, -0.1) is 0 Å². The van der Waals surface area contributed by atoms with Crippen molar-refractivity contribution < 1.29 is 31.5 Å². The first-order chi connectivity index (χ1) is 14.5. The third-order valence-electron chi connectivity index (χ3n) is 3.82. The summed E-state index contributed by atoms with van der Waals surface area (Å²) >= 11 is 0. The van der Waals surface area contributed by atoms with Crippen LogP contribution in [0.3, 0.4) is 0 Å². The first kappa shape index (κ1) is 21.9. The van der Waals surface area contributed by atoms with E-state index in [1.807, 2.05) is 0 Å². The maximum absolute atomic E-state index is 12.4. The molecule has 31 heavy (non-hydrogen) atoms. The van der Waals surface area contributed by atoms with Crippen LogP contribution in [0.4, 0.5) is 30.5 Å². The number of phenolic OH excluding ortho intramolecular Hbond substituents is 1. The molecule has 0 aliphatic carbocycles. The van der Waals surface area contributed by atoms with Crippen molar-refractivity contribution in [2.45, 2.75) is 6.18 Å². The number of rotatable bonds is 7. The average Bonchev–Trinajstić information content (AvgIpc) is 3.06. The number of aromatic amines is 1. The number of nitrogens with zero attached hydrogens (tertiary/aromatic N) is 2. The Bertz CT molecular complexity index is 1210. The van der Waals surface area contributed by atoms with Crippen molar-refractivity contribution in [1.82, 2.24) is 15.2 Å². The molecule has 0 saturated heterocycles. The number of hydrogen-bond donors (Lipinski definition) is 5. The lowest BCUT2D eigenvalue weighted by Gasteiger charge is -2.12. The van der Waals surface area contributed by atoms with E-state index in [1.54, 1.807) is 22.9 Å². The Morgan fingerprint density at radius 1 is 1.23 bits per heavy atom. The van der Waals surface area contributed by atoms with Crippen LogP contribution >= 0.6 is 0 Å². The van der Waals surface area contributed by atoms with Gasteiger partial charge in [-0.2, -0.15) is 18.3 Å². The molecule has 3 aromatic rings. The number of benzene rings is 1. The molecule has 0 radical (unpaired) electrons. The van der Waals surface area contributed by atoms with Gasteiger partial charge in [-0.25, -0.2) is 13.4 Å². The molecule has 3 rings (SSSR count). The smallest absolute Gasteiger partial charge is 0.404 e. The second-order valence-corrected chi connectivity index (χ2v) is 7.96. The number of anilines is 3. The van der Waals surface area contributed by atoms with Crippen LogP contribution in [0.2, 0.25) is 0 Å². The molecule has 0 saturated carbocycles. The van der Waals surface area contributed by atoms with Crippen molar-refractivity contribution >= 4 is 33.3 Å². The maximum atomic E-state index is 12.4. The lowest BCUT2D eigenvalue weighted by atomic mass is 10.1. The van der Waals surface area contributed by atoms with Gasteiger partial charge in [0.15, 0.2) is 5.75 Å². The van der Waals surface area contributed by atoms with Gasteiger partial charge in [0.05, 0.1) is 5.69 Å². The monoisotopic (exact) mass is 456 g/mol. The van der Waals surface area contributed by atoms with E-state index in [-0.39, 0.29) is 22.6 Å². The molecule has 0 atom stereocenters. The average molecular weight is 456 g/mol. The molecular weight excluding hydrogens is 441 g/mol. The van der Waals surface area contributed by atoms with E-state index in [0.717, 1.165) is 12.1 Å². The SMILES string of the molecule is NC(=O)c1c(-c2ccc(NS(=O)(=O)CC(F)(F)F)c(O)c2)n[nH]c1Nc1ccccn1. The summed E-state index contributed by atoms with van der Waals surface area (Å²) in [6, 6.07) is 8.32. The number of alkyl halides is 3. The van der Waals surface area contributed by atoms with Crippen LogP contribution in [-0.4, -0.2) is 46.5 Å². The van der Waals surface area contributed by atoms with E-state index in [9.17, 15) is 31.5 Å². The van der Waals surface area contributed by atoms with Gasteiger partial charge in [0.2, 0.25) is 10.0 Å². The Hall–Kier alpha value is -3.81. The highest BCUT2D eigenvalue weighted by Gasteiger charge is 2.35. The summed E-state index contributed by atoms with van der Waals surface area (Å²) in [5.74, 6) is -3.15. The van der Waals surface area contributed by atoms with Crippen LogP contribution in [0, 0.1) is 0 Å². The molecule has 0 aliphatic rings. The summed E-state index contributed by atoms with van der Waals surface area (Å²) in [4.78, 5) is 16.0. The Morgan fingerprint density at radius 3 is 2.55 bits per heavy atom. The number of hydrogen-bond acceptors (Lipinski definition) is 7. The first-order valence-corrected chi connectivity index (χ1v) is 10.1. The highest BCUT2D eigenvalue weighted by molar-refractivity contribution is 7.92. The van der Waals surface area contributed by atoms with Crippen molar-refractivity contribution in [3.63, 3.8) is 0 Å². The van der Waals surface area contributed by atoms with Gasteiger partial charge in [0.25, 0.3) is 5.91 Å². The molecule has 1 aromatic carbocycles. The molecule has 14 heteroatoms. The van der Waals surface area contributed by atoms with E-state index in [4.69, 9.17) is 5.73 Å². The number of carbonyl (C=O) groups excluding carboxylic acids is 1.